The van der Waals surface area contributed by atoms with Gasteiger partial charge in [0.2, 0.25) is 5.91 Å². The van der Waals surface area contributed by atoms with Crippen molar-refractivity contribution in [2.75, 3.05) is 66.1 Å². The average molecular weight is 267 g/mol. The zero-order valence-corrected chi connectivity index (χ0v) is 11.9. The van der Waals surface area contributed by atoms with Crippen molar-refractivity contribution in [1.82, 2.24) is 14.7 Å². The summed E-state index contributed by atoms with van der Waals surface area (Å²) in [5, 5.41) is 0. The maximum absolute atomic E-state index is 12.2. The summed E-state index contributed by atoms with van der Waals surface area (Å²) in [6.07, 6.45) is 2.26. The SMILES string of the molecule is CN1CCN(CC(=O)N2CC3(CCOCC3)C2)CC1. The lowest BCUT2D eigenvalue weighted by Gasteiger charge is -2.52. The summed E-state index contributed by atoms with van der Waals surface area (Å²) in [6.45, 7) is 8.49. The summed E-state index contributed by atoms with van der Waals surface area (Å²) < 4.78 is 5.41. The number of carbonyl (C=O) groups is 1. The van der Waals surface area contributed by atoms with Crippen molar-refractivity contribution in [2.24, 2.45) is 5.41 Å². The summed E-state index contributed by atoms with van der Waals surface area (Å²) in [5.74, 6) is 0.321. The van der Waals surface area contributed by atoms with Crippen LogP contribution in [0, 0.1) is 5.41 Å². The predicted octanol–water partition coefficient (Wildman–Crippen LogP) is -0.127. The third-order valence-corrected chi connectivity index (χ3v) is 4.91. The van der Waals surface area contributed by atoms with E-state index >= 15 is 0 Å². The van der Waals surface area contributed by atoms with Gasteiger partial charge in [0.1, 0.15) is 0 Å². The first-order chi connectivity index (χ1) is 9.17. The number of piperazine rings is 1. The molecule has 0 atom stereocenters. The number of amides is 1. The monoisotopic (exact) mass is 267 g/mol. The third-order valence-electron chi connectivity index (χ3n) is 4.91. The molecule has 0 bridgehead atoms. The molecule has 1 amide bonds. The number of carbonyl (C=O) groups excluding carboxylic acids is 1. The lowest BCUT2D eigenvalue weighted by atomic mass is 9.73. The second-order valence-electron chi connectivity index (χ2n) is 6.44. The Kier molecular flexibility index (Phi) is 3.78. The lowest BCUT2D eigenvalue weighted by Crippen LogP contribution is -2.62. The van der Waals surface area contributed by atoms with Crippen molar-refractivity contribution in [2.45, 2.75) is 12.8 Å². The highest BCUT2D eigenvalue weighted by Crippen LogP contribution is 2.39. The van der Waals surface area contributed by atoms with Gasteiger partial charge in [-0.25, -0.2) is 0 Å². The fourth-order valence-electron chi connectivity index (χ4n) is 3.36. The van der Waals surface area contributed by atoms with Crippen LogP contribution in [0.5, 0.6) is 0 Å². The summed E-state index contributed by atoms with van der Waals surface area (Å²) >= 11 is 0. The highest BCUT2D eigenvalue weighted by atomic mass is 16.5. The van der Waals surface area contributed by atoms with Crippen LogP contribution in [-0.4, -0.2) is 86.7 Å². The van der Waals surface area contributed by atoms with Crippen molar-refractivity contribution in [3.8, 4) is 0 Å². The molecule has 3 fully saturated rings. The molecule has 1 spiro atoms. The zero-order valence-electron chi connectivity index (χ0n) is 11.9. The molecule has 0 aromatic heterocycles. The quantitative estimate of drug-likeness (QED) is 0.698. The van der Waals surface area contributed by atoms with Gasteiger partial charge in [-0.3, -0.25) is 9.69 Å². The highest BCUT2D eigenvalue weighted by Gasteiger charge is 2.45. The molecule has 5 heteroatoms. The fraction of sp³-hybridized carbons (Fsp3) is 0.929. The van der Waals surface area contributed by atoms with Gasteiger partial charge in [-0.1, -0.05) is 0 Å². The van der Waals surface area contributed by atoms with E-state index in [1.54, 1.807) is 0 Å². The molecule has 0 aliphatic carbocycles. The molecule has 3 aliphatic rings. The molecule has 0 radical (unpaired) electrons. The molecule has 3 heterocycles. The smallest absolute Gasteiger partial charge is 0.236 e. The Balaban J connectivity index is 1.42. The van der Waals surface area contributed by atoms with E-state index in [1.165, 1.54) is 0 Å². The Morgan fingerprint density at radius 2 is 1.74 bits per heavy atom. The fourth-order valence-corrected chi connectivity index (χ4v) is 3.36. The highest BCUT2D eigenvalue weighted by molar-refractivity contribution is 5.79. The number of hydrogen-bond donors (Lipinski definition) is 0. The van der Waals surface area contributed by atoms with E-state index in [0.29, 0.717) is 17.9 Å². The van der Waals surface area contributed by atoms with E-state index in [4.69, 9.17) is 4.74 Å². The molecule has 0 aromatic rings. The van der Waals surface area contributed by atoms with Crippen LogP contribution in [0.3, 0.4) is 0 Å². The minimum absolute atomic E-state index is 0.321. The van der Waals surface area contributed by atoms with E-state index in [2.05, 4.69) is 16.8 Å². The van der Waals surface area contributed by atoms with E-state index in [-0.39, 0.29) is 0 Å². The Labute approximate surface area is 115 Å². The van der Waals surface area contributed by atoms with Crippen molar-refractivity contribution in [3.05, 3.63) is 0 Å². The molecule has 5 nitrogen and oxygen atoms in total. The van der Waals surface area contributed by atoms with Gasteiger partial charge >= 0.3 is 0 Å². The summed E-state index contributed by atoms with van der Waals surface area (Å²) in [6, 6.07) is 0. The van der Waals surface area contributed by atoms with E-state index in [0.717, 1.165) is 65.3 Å². The van der Waals surface area contributed by atoms with Gasteiger partial charge in [0.05, 0.1) is 6.54 Å². The van der Waals surface area contributed by atoms with E-state index in [1.807, 2.05) is 4.90 Å². The number of likely N-dealkylation sites (N-methyl/N-ethyl adjacent to an activating group) is 1. The van der Waals surface area contributed by atoms with Gasteiger partial charge in [-0.2, -0.15) is 0 Å². The molecule has 0 saturated carbocycles. The molecule has 108 valence electrons. The minimum atomic E-state index is 0.321. The summed E-state index contributed by atoms with van der Waals surface area (Å²) in [5.41, 5.74) is 0.399. The van der Waals surface area contributed by atoms with Gasteiger partial charge in [-0.05, 0) is 19.9 Å². The Morgan fingerprint density at radius 1 is 1.11 bits per heavy atom. The standard InChI is InChI=1S/C14H25N3O2/c1-15-4-6-16(7-5-15)10-13(18)17-11-14(12-17)2-8-19-9-3-14/h2-12H2,1H3. The van der Waals surface area contributed by atoms with Crippen LogP contribution in [-0.2, 0) is 9.53 Å². The maximum atomic E-state index is 12.2. The maximum Gasteiger partial charge on any atom is 0.236 e. The molecule has 3 aliphatic heterocycles. The molecular weight excluding hydrogens is 242 g/mol. The van der Waals surface area contributed by atoms with Crippen molar-refractivity contribution >= 4 is 5.91 Å². The van der Waals surface area contributed by atoms with Crippen LogP contribution in [0.15, 0.2) is 0 Å². The van der Waals surface area contributed by atoms with Gasteiger partial charge < -0.3 is 14.5 Å². The topological polar surface area (TPSA) is 36.0 Å². The second kappa shape index (κ2) is 5.38. The average Bonchev–Trinajstić information content (AvgIpc) is 2.39. The molecule has 0 unspecified atom stereocenters. The van der Waals surface area contributed by atoms with Gasteiger partial charge in [-0.15, -0.1) is 0 Å². The first-order valence-electron chi connectivity index (χ1n) is 7.43. The number of nitrogens with zero attached hydrogens (tertiary/aromatic N) is 3. The van der Waals surface area contributed by atoms with E-state index < -0.39 is 0 Å². The normalized spacial score (nSPS) is 28.4. The second-order valence-corrected chi connectivity index (χ2v) is 6.44. The Hall–Kier alpha value is -0.650. The first-order valence-corrected chi connectivity index (χ1v) is 7.43. The van der Waals surface area contributed by atoms with Gasteiger partial charge in [0.25, 0.3) is 0 Å². The Morgan fingerprint density at radius 3 is 2.37 bits per heavy atom. The number of rotatable bonds is 2. The van der Waals surface area contributed by atoms with Crippen LogP contribution < -0.4 is 0 Å². The first kappa shape index (κ1) is 13.3. The molecule has 19 heavy (non-hydrogen) atoms. The molecule has 0 aromatic carbocycles. The van der Waals surface area contributed by atoms with Crippen LogP contribution in [0.25, 0.3) is 0 Å². The minimum Gasteiger partial charge on any atom is -0.381 e. The number of likely N-dealkylation sites (tertiary alicyclic amines) is 1. The van der Waals surface area contributed by atoms with Crippen molar-refractivity contribution in [1.29, 1.82) is 0 Å². The van der Waals surface area contributed by atoms with Gasteiger partial charge in [0.15, 0.2) is 0 Å². The van der Waals surface area contributed by atoms with Gasteiger partial charge in [0, 0.05) is 57.9 Å². The third kappa shape index (κ3) is 2.93. The van der Waals surface area contributed by atoms with Crippen LogP contribution in [0.1, 0.15) is 12.8 Å². The Bertz CT molecular complexity index is 326. The molecule has 3 rings (SSSR count). The molecular formula is C14H25N3O2. The van der Waals surface area contributed by atoms with E-state index in [9.17, 15) is 4.79 Å². The van der Waals surface area contributed by atoms with Crippen LogP contribution in [0.4, 0.5) is 0 Å². The largest absolute Gasteiger partial charge is 0.381 e. The molecule has 3 saturated heterocycles. The summed E-state index contributed by atoms with van der Waals surface area (Å²) in [4.78, 5) is 18.9. The predicted molar refractivity (Wildman–Crippen MR) is 73.0 cm³/mol. The van der Waals surface area contributed by atoms with Crippen LogP contribution in [0.2, 0.25) is 0 Å². The van der Waals surface area contributed by atoms with Crippen LogP contribution >= 0.6 is 0 Å². The van der Waals surface area contributed by atoms with Crippen molar-refractivity contribution in [3.63, 3.8) is 0 Å². The number of ether oxygens (including phenoxy) is 1. The molecule has 0 N–H and O–H groups in total. The summed E-state index contributed by atoms with van der Waals surface area (Å²) in [7, 11) is 2.14. The zero-order chi connectivity index (χ0) is 13.3. The number of hydrogen-bond acceptors (Lipinski definition) is 4. The van der Waals surface area contributed by atoms with Crippen molar-refractivity contribution < 1.29 is 9.53 Å². The lowest BCUT2D eigenvalue weighted by molar-refractivity contribution is -0.151.